The zero-order valence-electron chi connectivity index (χ0n) is 14.0. The van der Waals surface area contributed by atoms with Crippen LogP contribution in [0.5, 0.6) is 17.2 Å². The van der Waals surface area contributed by atoms with E-state index in [1.165, 1.54) is 12.1 Å². The van der Waals surface area contributed by atoms with E-state index in [0.29, 0.717) is 23.8 Å². The van der Waals surface area contributed by atoms with Gasteiger partial charge in [0, 0.05) is 12.1 Å². The molecule has 0 aliphatic rings. The molecule has 2 aromatic rings. The van der Waals surface area contributed by atoms with Crippen molar-refractivity contribution in [3.05, 3.63) is 52.8 Å². The Balaban J connectivity index is 1.83. The van der Waals surface area contributed by atoms with Crippen molar-refractivity contribution in [1.82, 2.24) is 5.32 Å². The van der Waals surface area contributed by atoms with Gasteiger partial charge in [0.1, 0.15) is 23.1 Å². The standard InChI is InChI=1S/C18H19ClFNO4/c1-23-14-4-6-16(24-2)12(9-14)11-21-18(22)7-8-25-17-5-3-13(20)10-15(17)19/h3-6,9-10H,7-8,11H2,1-2H3,(H,21,22). The number of rotatable bonds is 8. The largest absolute Gasteiger partial charge is 0.497 e. The van der Waals surface area contributed by atoms with Gasteiger partial charge in [-0.3, -0.25) is 4.79 Å². The predicted octanol–water partition coefficient (Wildman–Crippen LogP) is 3.58. The second-order valence-electron chi connectivity index (χ2n) is 5.13. The summed E-state index contributed by atoms with van der Waals surface area (Å²) in [5.41, 5.74) is 0.803. The number of methoxy groups -OCH3 is 2. The Bertz CT molecular complexity index is 739. The summed E-state index contributed by atoms with van der Waals surface area (Å²) in [4.78, 5) is 11.9. The summed E-state index contributed by atoms with van der Waals surface area (Å²) in [7, 11) is 3.13. The first-order chi connectivity index (χ1) is 12.0. The molecule has 0 spiro atoms. The van der Waals surface area contributed by atoms with Gasteiger partial charge in [0.25, 0.3) is 0 Å². The van der Waals surface area contributed by atoms with Crippen LogP contribution in [0.25, 0.3) is 0 Å². The Morgan fingerprint density at radius 3 is 2.56 bits per heavy atom. The van der Waals surface area contributed by atoms with Gasteiger partial charge in [-0.25, -0.2) is 4.39 Å². The number of nitrogens with one attached hydrogen (secondary N) is 1. The van der Waals surface area contributed by atoms with Gasteiger partial charge in [0.05, 0.1) is 32.3 Å². The molecule has 134 valence electrons. The second-order valence-corrected chi connectivity index (χ2v) is 5.53. The fraction of sp³-hybridized carbons (Fsp3) is 0.278. The normalized spacial score (nSPS) is 10.2. The minimum absolute atomic E-state index is 0.131. The number of carbonyl (C=O) groups excluding carboxylic acids is 1. The van der Waals surface area contributed by atoms with E-state index < -0.39 is 5.82 Å². The minimum atomic E-state index is -0.442. The molecule has 25 heavy (non-hydrogen) atoms. The molecule has 1 amide bonds. The van der Waals surface area contributed by atoms with E-state index in [4.69, 9.17) is 25.8 Å². The molecular formula is C18H19ClFNO4. The summed E-state index contributed by atoms with van der Waals surface area (Å²) >= 11 is 5.86. The van der Waals surface area contributed by atoms with Gasteiger partial charge in [-0.2, -0.15) is 0 Å². The van der Waals surface area contributed by atoms with Crippen LogP contribution in [0.3, 0.4) is 0 Å². The SMILES string of the molecule is COc1ccc(OC)c(CNC(=O)CCOc2ccc(F)cc2Cl)c1. The highest BCUT2D eigenvalue weighted by atomic mass is 35.5. The van der Waals surface area contributed by atoms with E-state index in [-0.39, 0.29) is 24.0 Å². The summed E-state index contributed by atoms with van der Waals surface area (Å²) in [6.45, 7) is 0.433. The van der Waals surface area contributed by atoms with Crippen LogP contribution in [-0.2, 0) is 11.3 Å². The highest BCUT2D eigenvalue weighted by molar-refractivity contribution is 6.32. The van der Waals surface area contributed by atoms with Crippen LogP contribution in [0.1, 0.15) is 12.0 Å². The van der Waals surface area contributed by atoms with Gasteiger partial charge in [-0.1, -0.05) is 11.6 Å². The number of carbonyl (C=O) groups is 1. The minimum Gasteiger partial charge on any atom is -0.497 e. The third-order valence-corrected chi connectivity index (χ3v) is 3.74. The molecule has 0 aromatic heterocycles. The Morgan fingerprint density at radius 1 is 1.12 bits per heavy atom. The number of benzene rings is 2. The zero-order valence-corrected chi connectivity index (χ0v) is 14.7. The van der Waals surface area contributed by atoms with Gasteiger partial charge in [0.2, 0.25) is 5.91 Å². The van der Waals surface area contributed by atoms with E-state index in [0.717, 1.165) is 11.6 Å². The summed E-state index contributed by atoms with van der Waals surface area (Å²) in [5, 5.41) is 2.96. The smallest absolute Gasteiger partial charge is 0.223 e. The molecule has 0 unspecified atom stereocenters. The summed E-state index contributed by atoms with van der Waals surface area (Å²) in [5.74, 6) is 1.05. The van der Waals surface area contributed by atoms with Gasteiger partial charge < -0.3 is 19.5 Å². The Kier molecular flexibility index (Phi) is 6.89. The van der Waals surface area contributed by atoms with Gasteiger partial charge in [0.15, 0.2) is 0 Å². The van der Waals surface area contributed by atoms with Crippen LogP contribution >= 0.6 is 11.6 Å². The zero-order chi connectivity index (χ0) is 18.2. The van der Waals surface area contributed by atoms with Crippen LogP contribution in [0.2, 0.25) is 5.02 Å². The summed E-state index contributed by atoms with van der Waals surface area (Å²) < 4.78 is 28.8. The first kappa shape index (κ1) is 18.9. The van der Waals surface area contributed by atoms with Crippen LogP contribution in [0, 0.1) is 5.82 Å². The summed E-state index contributed by atoms with van der Waals surface area (Å²) in [6.07, 6.45) is 0.139. The molecule has 0 atom stereocenters. The predicted molar refractivity (Wildman–Crippen MR) is 92.9 cm³/mol. The van der Waals surface area contributed by atoms with Crippen molar-refractivity contribution in [1.29, 1.82) is 0 Å². The van der Waals surface area contributed by atoms with Crippen molar-refractivity contribution < 1.29 is 23.4 Å². The maximum absolute atomic E-state index is 13.0. The lowest BCUT2D eigenvalue weighted by atomic mass is 10.2. The maximum Gasteiger partial charge on any atom is 0.223 e. The average Bonchev–Trinajstić information content (AvgIpc) is 2.61. The Hall–Kier alpha value is -2.47. The molecule has 0 fully saturated rings. The van der Waals surface area contributed by atoms with E-state index >= 15 is 0 Å². The van der Waals surface area contributed by atoms with Crippen molar-refractivity contribution >= 4 is 17.5 Å². The lowest BCUT2D eigenvalue weighted by Gasteiger charge is -2.12. The number of halogens is 2. The molecule has 0 heterocycles. The van der Waals surface area contributed by atoms with E-state index in [1.807, 2.05) is 0 Å². The molecule has 5 nitrogen and oxygen atoms in total. The van der Waals surface area contributed by atoms with E-state index in [1.54, 1.807) is 32.4 Å². The van der Waals surface area contributed by atoms with Crippen LogP contribution in [0.15, 0.2) is 36.4 Å². The van der Waals surface area contributed by atoms with Crippen molar-refractivity contribution in [2.24, 2.45) is 0 Å². The highest BCUT2D eigenvalue weighted by Crippen LogP contribution is 2.25. The maximum atomic E-state index is 13.0. The van der Waals surface area contributed by atoms with E-state index in [9.17, 15) is 9.18 Å². The lowest BCUT2D eigenvalue weighted by Crippen LogP contribution is -2.24. The molecule has 0 saturated heterocycles. The molecule has 0 radical (unpaired) electrons. The highest BCUT2D eigenvalue weighted by Gasteiger charge is 2.09. The number of hydrogen-bond acceptors (Lipinski definition) is 4. The van der Waals surface area contributed by atoms with Crippen LogP contribution in [0.4, 0.5) is 4.39 Å². The first-order valence-electron chi connectivity index (χ1n) is 7.59. The monoisotopic (exact) mass is 367 g/mol. The molecular weight excluding hydrogens is 349 g/mol. The Labute approximate surface area is 150 Å². The lowest BCUT2D eigenvalue weighted by molar-refractivity contribution is -0.121. The van der Waals surface area contributed by atoms with Gasteiger partial charge in [-0.15, -0.1) is 0 Å². The van der Waals surface area contributed by atoms with Crippen molar-refractivity contribution in [2.45, 2.75) is 13.0 Å². The van der Waals surface area contributed by atoms with Crippen LogP contribution in [-0.4, -0.2) is 26.7 Å². The van der Waals surface area contributed by atoms with Crippen LogP contribution < -0.4 is 19.5 Å². The third kappa shape index (κ3) is 5.53. The molecule has 0 saturated carbocycles. The summed E-state index contributed by atoms with van der Waals surface area (Å²) in [6, 6.07) is 9.19. The van der Waals surface area contributed by atoms with E-state index in [2.05, 4.69) is 5.32 Å². The fourth-order valence-electron chi connectivity index (χ4n) is 2.15. The third-order valence-electron chi connectivity index (χ3n) is 3.44. The van der Waals surface area contributed by atoms with Crippen molar-refractivity contribution in [2.75, 3.05) is 20.8 Å². The average molecular weight is 368 g/mol. The van der Waals surface area contributed by atoms with Crippen molar-refractivity contribution in [3.63, 3.8) is 0 Å². The molecule has 1 N–H and O–H groups in total. The molecule has 7 heteroatoms. The van der Waals surface area contributed by atoms with Crippen molar-refractivity contribution in [3.8, 4) is 17.2 Å². The topological polar surface area (TPSA) is 56.8 Å². The Morgan fingerprint density at radius 2 is 1.88 bits per heavy atom. The van der Waals surface area contributed by atoms with Gasteiger partial charge in [-0.05, 0) is 36.4 Å². The second kappa shape index (κ2) is 9.13. The molecule has 0 aliphatic heterocycles. The quantitative estimate of drug-likeness (QED) is 0.774. The number of amides is 1. The number of hydrogen-bond donors (Lipinski definition) is 1. The molecule has 0 bridgehead atoms. The fourth-order valence-corrected chi connectivity index (χ4v) is 2.37. The molecule has 2 aromatic carbocycles. The molecule has 2 rings (SSSR count). The number of ether oxygens (including phenoxy) is 3. The first-order valence-corrected chi connectivity index (χ1v) is 7.96. The van der Waals surface area contributed by atoms with Gasteiger partial charge >= 0.3 is 0 Å². The molecule has 0 aliphatic carbocycles.